The Morgan fingerprint density at radius 1 is 1.10 bits per heavy atom. The van der Waals surface area contributed by atoms with Crippen LogP contribution in [0.2, 0.25) is 0 Å². The van der Waals surface area contributed by atoms with E-state index in [0.717, 1.165) is 0 Å². The SMILES string of the molecule is [CH2-]OCCOCCON.[Rf]. The van der Waals surface area contributed by atoms with Crippen molar-refractivity contribution in [2.75, 3.05) is 26.4 Å². The van der Waals surface area contributed by atoms with Crippen molar-refractivity contribution in [3.05, 3.63) is 7.11 Å². The van der Waals surface area contributed by atoms with E-state index in [2.05, 4.69) is 16.7 Å². The molecule has 0 aliphatic carbocycles. The second-order valence-electron chi connectivity index (χ2n) is 1.39. The molecule has 0 amide bonds. The topological polar surface area (TPSA) is 53.7 Å². The summed E-state index contributed by atoms with van der Waals surface area (Å²) in [6.45, 7) is 1.95. The minimum atomic E-state index is 0. The van der Waals surface area contributed by atoms with Crippen LogP contribution in [0.15, 0.2) is 0 Å². The van der Waals surface area contributed by atoms with E-state index in [-0.39, 0.29) is 0 Å². The first-order chi connectivity index (χ1) is 4.41. The van der Waals surface area contributed by atoms with Crippen molar-refractivity contribution in [2.45, 2.75) is 0 Å². The van der Waals surface area contributed by atoms with Gasteiger partial charge in [-0.25, -0.2) is 13.0 Å². The smallest absolute Gasteiger partial charge is 0.0913 e. The Bertz CT molecular complexity index is 50.2. The number of hydrogen-bond acceptors (Lipinski definition) is 4. The summed E-state index contributed by atoms with van der Waals surface area (Å²) in [7, 11) is 3.17. The summed E-state index contributed by atoms with van der Waals surface area (Å²) in [6, 6.07) is 0. The summed E-state index contributed by atoms with van der Waals surface area (Å²) in [6.07, 6.45) is 0. The predicted molar refractivity (Wildman–Crippen MR) is 32.3 cm³/mol. The van der Waals surface area contributed by atoms with Crippen LogP contribution in [0.25, 0.3) is 0 Å². The molecule has 0 fully saturated rings. The average Bonchev–Trinajstić information content (AvgIpc) is 1.89. The van der Waals surface area contributed by atoms with E-state index in [1.165, 1.54) is 0 Å². The Labute approximate surface area is 54.8 Å². The average molecular weight is 401 g/mol. The molecule has 0 spiro atoms. The van der Waals surface area contributed by atoms with E-state index in [0.29, 0.717) is 26.4 Å². The summed E-state index contributed by atoms with van der Waals surface area (Å²) in [5.74, 6) is 4.72. The van der Waals surface area contributed by atoms with Crippen LogP contribution in [0.4, 0.5) is 0 Å². The molecule has 58 valence electrons. The number of hydrogen-bond donors (Lipinski definition) is 1. The fourth-order valence-electron chi connectivity index (χ4n) is 0.327. The fourth-order valence-corrected chi connectivity index (χ4v) is 0.327. The van der Waals surface area contributed by atoms with Gasteiger partial charge in [0, 0.05) is 6.61 Å². The van der Waals surface area contributed by atoms with Gasteiger partial charge in [0.1, 0.15) is 0 Å². The molecule has 0 rings (SSSR count). The zero-order valence-electron chi connectivity index (χ0n) is 6.04. The minimum absolute atomic E-state index is 0. The van der Waals surface area contributed by atoms with Crippen LogP contribution >= 0.6 is 0 Å². The Hall–Kier alpha value is -1.16. The molecule has 2 N–H and O–H groups in total. The summed E-state index contributed by atoms with van der Waals surface area (Å²) in [5, 5.41) is 0. The molecule has 0 aromatic rings. The molecule has 0 saturated heterocycles. The van der Waals surface area contributed by atoms with Gasteiger partial charge >= 0.3 is 0 Å². The maximum absolute atomic E-state index is 4.94. The molecular formula is C5H12NO3Rf-. The van der Waals surface area contributed by atoms with E-state index < -0.39 is 0 Å². The van der Waals surface area contributed by atoms with Crippen LogP contribution in [0.1, 0.15) is 0 Å². The van der Waals surface area contributed by atoms with E-state index in [1.807, 2.05) is 0 Å². The standard InChI is InChI=1S/C5H12NO3.Rf/c1-7-2-3-8-4-5-9-6;/h1-6H2;/q-1;. The Morgan fingerprint density at radius 3 is 2.20 bits per heavy atom. The molecule has 0 aliphatic heterocycles. The van der Waals surface area contributed by atoms with Gasteiger partial charge in [0.2, 0.25) is 0 Å². The van der Waals surface area contributed by atoms with Crippen LogP contribution in [0.5, 0.6) is 0 Å². The minimum Gasteiger partial charge on any atom is -0.553 e. The largest absolute Gasteiger partial charge is 0.553 e. The van der Waals surface area contributed by atoms with E-state index >= 15 is 0 Å². The van der Waals surface area contributed by atoms with Crippen LogP contribution in [0.3, 0.4) is 0 Å². The predicted octanol–water partition coefficient (Wildman–Crippen LogP) is -0.299. The normalized spacial score (nSPS) is 9.00. The van der Waals surface area contributed by atoms with Crippen molar-refractivity contribution in [3.63, 3.8) is 0 Å². The molecule has 0 aliphatic rings. The third kappa shape index (κ3) is 9.96. The van der Waals surface area contributed by atoms with Gasteiger partial charge in [-0.1, -0.05) is 0 Å². The molecule has 4 nitrogen and oxygen atoms in total. The van der Waals surface area contributed by atoms with Crippen LogP contribution < -0.4 is 5.90 Å². The van der Waals surface area contributed by atoms with Crippen molar-refractivity contribution in [2.24, 2.45) is 5.90 Å². The zero-order chi connectivity index (χ0) is 6.95. The van der Waals surface area contributed by atoms with Gasteiger partial charge < -0.3 is 14.3 Å². The van der Waals surface area contributed by atoms with E-state index in [4.69, 9.17) is 10.6 Å². The molecule has 0 aromatic carbocycles. The van der Waals surface area contributed by atoms with Gasteiger partial charge in [-0.2, -0.15) is 0 Å². The fraction of sp³-hybridized carbons (Fsp3) is 0.800. The van der Waals surface area contributed by atoms with Gasteiger partial charge in [0.15, 0.2) is 0 Å². The molecule has 0 aromatic heterocycles. The maximum Gasteiger partial charge on any atom is 0.0913 e. The third-order valence-corrected chi connectivity index (χ3v) is 0.718. The number of nitrogens with two attached hydrogens (primary N) is 1. The first-order valence-corrected chi connectivity index (χ1v) is 2.68. The van der Waals surface area contributed by atoms with Gasteiger partial charge in [0.25, 0.3) is 0 Å². The second kappa shape index (κ2) is 10.8. The van der Waals surface area contributed by atoms with Crippen molar-refractivity contribution in [1.29, 1.82) is 0 Å². The third-order valence-electron chi connectivity index (χ3n) is 0.718. The second-order valence-corrected chi connectivity index (χ2v) is 1.39. The summed E-state index contributed by atoms with van der Waals surface area (Å²) in [5.41, 5.74) is 0. The van der Waals surface area contributed by atoms with Gasteiger partial charge in [-0.05, 0) is 0 Å². The quantitative estimate of drug-likeness (QED) is 0.378. The van der Waals surface area contributed by atoms with Crippen LogP contribution in [-0.4, -0.2) is 26.4 Å². The van der Waals surface area contributed by atoms with E-state index in [9.17, 15) is 0 Å². The summed E-state index contributed by atoms with van der Waals surface area (Å²) in [4.78, 5) is 4.24. The molecular weight excluding hydrogens is 389 g/mol. The molecule has 0 radical (unpaired) electrons. The summed E-state index contributed by atoms with van der Waals surface area (Å²) < 4.78 is 9.42. The van der Waals surface area contributed by atoms with E-state index in [1.54, 1.807) is 0 Å². The number of ether oxygens (including phenoxy) is 2. The van der Waals surface area contributed by atoms with Gasteiger partial charge in [-0.3, -0.25) is 0 Å². The Balaban J connectivity index is 0. The van der Waals surface area contributed by atoms with Gasteiger partial charge in [0.05, 0.1) is 19.8 Å². The van der Waals surface area contributed by atoms with Crippen LogP contribution in [-0.2, 0) is 14.3 Å². The summed E-state index contributed by atoms with van der Waals surface area (Å²) >= 11 is 0. The molecule has 5 heteroatoms. The Kier molecular flexibility index (Phi) is 12.5. The Morgan fingerprint density at radius 2 is 1.70 bits per heavy atom. The van der Waals surface area contributed by atoms with Crippen molar-refractivity contribution < 1.29 is 14.3 Å². The number of rotatable bonds is 6. The molecule has 0 heterocycles. The van der Waals surface area contributed by atoms with Crippen molar-refractivity contribution in [3.8, 4) is 0 Å². The monoisotopic (exact) mass is 401 g/mol. The first kappa shape index (κ1) is 11.6. The molecule has 0 unspecified atom stereocenters. The first-order valence-electron chi connectivity index (χ1n) is 2.68. The van der Waals surface area contributed by atoms with Crippen LogP contribution in [0, 0.1) is 7.11 Å². The molecule has 10 heavy (non-hydrogen) atoms. The molecule has 0 atom stereocenters. The maximum atomic E-state index is 4.94. The zero-order valence-corrected chi connectivity index (χ0v) is 12.4. The van der Waals surface area contributed by atoms with Crippen molar-refractivity contribution >= 4 is 0 Å². The van der Waals surface area contributed by atoms with Crippen molar-refractivity contribution in [1.82, 2.24) is 0 Å². The van der Waals surface area contributed by atoms with Gasteiger partial charge in [-0.15, -0.1) is 0 Å². The molecule has 0 bridgehead atoms. The molecule has 0 saturated carbocycles.